The number of unbranched alkanes of at least 4 members (excludes halogenated alkanes) is 1. The van der Waals surface area contributed by atoms with Gasteiger partial charge in [-0.2, -0.15) is 0 Å². The van der Waals surface area contributed by atoms with Crippen molar-refractivity contribution < 1.29 is 9.53 Å². The van der Waals surface area contributed by atoms with Crippen LogP contribution in [0.5, 0.6) is 0 Å². The number of esters is 1. The lowest BCUT2D eigenvalue weighted by Crippen LogP contribution is -2.33. The van der Waals surface area contributed by atoms with Crippen LogP contribution in [0.3, 0.4) is 0 Å². The molecule has 17 heavy (non-hydrogen) atoms. The number of carbonyl (C=O) groups excluding carboxylic acids is 1. The SMILES string of the molecule is CCCCOC(=O)C(N)CCc1ccccc1. The predicted molar refractivity (Wildman–Crippen MR) is 68.6 cm³/mol. The van der Waals surface area contributed by atoms with Crippen LogP contribution in [0.2, 0.25) is 0 Å². The standard InChI is InChI=1S/C14H21NO2/c1-2-3-11-17-14(16)13(15)10-9-12-7-5-4-6-8-12/h4-8,13H,2-3,9-11,15H2,1H3. The van der Waals surface area contributed by atoms with E-state index in [0.29, 0.717) is 13.0 Å². The third-order valence-corrected chi connectivity index (χ3v) is 2.63. The molecule has 0 aliphatic rings. The van der Waals surface area contributed by atoms with Crippen LogP contribution in [0.4, 0.5) is 0 Å². The lowest BCUT2D eigenvalue weighted by molar-refractivity contribution is -0.145. The zero-order valence-corrected chi connectivity index (χ0v) is 10.4. The molecule has 1 unspecified atom stereocenters. The Hall–Kier alpha value is -1.35. The van der Waals surface area contributed by atoms with E-state index in [1.807, 2.05) is 30.3 Å². The summed E-state index contributed by atoms with van der Waals surface area (Å²) >= 11 is 0. The molecule has 1 atom stereocenters. The zero-order valence-electron chi connectivity index (χ0n) is 10.4. The average molecular weight is 235 g/mol. The largest absolute Gasteiger partial charge is 0.465 e. The molecule has 3 heteroatoms. The second kappa shape index (κ2) is 7.85. The first kappa shape index (κ1) is 13.7. The topological polar surface area (TPSA) is 52.3 Å². The van der Waals surface area contributed by atoms with E-state index >= 15 is 0 Å². The fourth-order valence-electron chi connectivity index (χ4n) is 1.51. The summed E-state index contributed by atoms with van der Waals surface area (Å²) in [4.78, 5) is 11.5. The minimum atomic E-state index is -0.507. The molecule has 1 aromatic carbocycles. The van der Waals surface area contributed by atoms with Crippen LogP contribution in [0.25, 0.3) is 0 Å². The predicted octanol–water partition coefficient (Wildman–Crippen LogP) is 2.29. The highest BCUT2D eigenvalue weighted by Crippen LogP contribution is 2.05. The van der Waals surface area contributed by atoms with Gasteiger partial charge < -0.3 is 10.5 Å². The van der Waals surface area contributed by atoms with Crippen molar-refractivity contribution in [2.75, 3.05) is 6.61 Å². The number of nitrogens with two attached hydrogens (primary N) is 1. The van der Waals surface area contributed by atoms with Gasteiger partial charge in [0.2, 0.25) is 0 Å². The lowest BCUT2D eigenvalue weighted by atomic mass is 10.1. The lowest BCUT2D eigenvalue weighted by Gasteiger charge is -2.11. The van der Waals surface area contributed by atoms with Crippen LogP contribution in [-0.2, 0) is 16.0 Å². The van der Waals surface area contributed by atoms with E-state index in [1.54, 1.807) is 0 Å². The van der Waals surface area contributed by atoms with Crippen LogP contribution in [0.1, 0.15) is 31.7 Å². The van der Waals surface area contributed by atoms with Crippen molar-refractivity contribution in [2.24, 2.45) is 5.73 Å². The molecule has 0 radical (unpaired) electrons. The number of rotatable bonds is 7. The molecule has 3 nitrogen and oxygen atoms in total. The number of hydrogen-bond donors (Lipinski definition) is 1. The van der Waals surface area contributed by atoms with Crippen molar-refractivity contribution in [3.8, 4) is 0 Å². The van der Waals surface area contributed by atoms with E-state index < -0.39 is 6.04 Å². The normalized spacial score (nSPS) is 12.1. The molecule has 2 N–H and O–H groups in total. The summed E-state index contributed by atoms with van der Waals surface area (Å²) in [6.45, 7) is 2.54. The maximum absolute atomic E-state index is 11.5. The van der Waals surface area contributed by atoms with Gasteiger partial charge >= 0.3 is 5.97 Å². The first-order valence-corrected chi connectivity index (χ1v) is 6.20. The molecule has 0 aromatic heterocycles. The van der Waals surface area contributed by atoms with Crippen molar-refractivity contribution in [1.29, 1.82) is 0 Å². The van der Waals surface area contributed by atoms with E-state index in [0.717, 1.165) is 19.3 Å². The average Bonchev–Trinajstić information content (AvgIpc) is 2.37. The van der Waals surface area contributed by atoms with Crippen LogP contribution in [0.15, 0.2) is 30.3 Å². The second-order valence-corrected chi connectivity index (χ2v) is 4.15. The number of aryl methyl sites for hydroxylation is 1. The van der Waals surface area contributed by atoms with E-state index in [1.165, 1.54) is 5.56 Å². The Balaban J connectivity index is 2.24. The van der Waals surface area contributed by atoms with E-state index in [9.17, 15) is 4.79 Å². The molecule has 0 aliphatic heterocycles. The summed E-state index contributed by atoms with van der Waals surface area (Å²) < 4.78 is 5.07. The van der Waals surface area contributed by atoms with Crippen molar-refractivity contribution in [3.63, 3.8) is 0 Å². The highest BCUT2D eigenvalue weighted by atomic mass is 16.5. The second-order valence-electron chi connectivity index (χ2n) is 4.15. The molecule has 0 aliphatic carbocycles. The van der Waals surface area contributed by atoms with Gasteiger partial charge in [0.15, 0.2) is 0 Å². The van der Waals surface area contributed by atoms with Crippen molar-refractivity contribution >= 4 is 5.97 Å². The number of benzene rings is 1. The molecular formula is C14H21NO2. The Kier molecular flexibility index (Phi) is 6.33. The van der Waals surface area contributed by atoms with Crippen LogP contribution in [-0.4, -0.2) is 18.6 Å². The molecule has 0 heterocycles. The Labute approximate surface area is 103 Å². The van der Waals surface area contributed by atoms with Gasteiger partial charge in [-0.3, -0.25) is 4.79 Å². The van der Waals surface area contributed by atoms with Crippen LogP contribution in [0, 0.1) is 0 Å². The van der Waals surface area contributed by atoms with Crippen molar-refractivity contribution in [2.45, 2.75) is 38.6 Å². The summed E-state index contributed by atoms with van der Waals surface area (Å²) in [5, 5.41) is 0. The summed E-state index contributed by atoms with van der Waals surface area (Å²) in [6.07, 6.45) is 3.36. The monoisotopic (exact) mass is 235 g/mol. The number of hydrogen-bond acceptors (Lipinski definition) is 3. The van der Waals surface area contributed by atoms with Gasteiger partial charge in [-0.05, 0) is 24.8 Å². The van der Waals surface area contributed by atoms with E-state index in [4.69, 9.17) is 10.5 Å². The number of carbonyl (C=O) groups is 1. The Bertz CT molecular complexity index is 324. The number of ether oxygens (including phenoxy) is 1. The summed E-state index contributed by atoms with van der Waals surface area (Å²) in [7, 11) is 0. The van der Waals surface area contributed by atoms with Crippen molar-refractivity contribution in [3.05, 3.63) is 35.9 Å². The van der Waals surface area contributed by atoms with Gasteiger partial charge in [-0.25, -0.2) is 0 Å². The fourth-order valence-corrected chi connectivity index (χ4v) is 1.51. The Morgan fingerprint density at radius 2 is 2.06 bits per heavy atom. The molecule has 0 amide bonds. The third kappa shape index (κ3) is 5.50. The van der Waals surface area contributed by atoms with Gasteiger partial charge in [0.1, 0.15) is 6.04 Å². The quantitative estimate of drug-likeness (QED) is 0.582. The van der Waals surface area contributed by atoms with Gasteiger partial charge in [-0.15, -0.1) is 0 Å². The fraction of sp³-hybridized carbons (Fsp3) is 0.500. The van der Waals surface area contributed by atoms with E-state index in [2.05, 4.69) is 6.92 Å². The molecule has 0 saturated carbocycles. The van der Waals surface area contributed by atoms with Gasteiger partial charge in [-0.1, -0.05) is 43.7 Å². The summed E-state index contributed by atoms with van der Waals surface area (Å²) in [6, 6.07) is 9.51. The maximum atomic E-state index is 11.5. The smallest absolute Gasteiger partial charge is 0.322 e. The third-order valence-electron chi connectivity index (χ3n) is 2.63. The minimum absolute atomic E-state index is 0.283. The summed E-state index contributed by atoms with van der Waals surface area (Å²) in [5.74, 6) is -0.283. The Morgan fingerprint density at radius 1 is 1.35 bits per heavy atom. The van der Waals surface area contributed by atoms with Crippen LogP contribution < -0.4 is 5.73 Å². The molecule has 1 rings (SSSR count). The van der Waals surface area contributed by atoms with E-state index in [-0.39, 0.29) is 5.97 Å². The first-order valence-electron chi connectivity index (χ1n) is 6.20. The van der Waals surface area contributed by atoms with Gasteiger partial charge in [0.05, 0.1) is 6.61 Å². The molecular weight excluding hydrogens is 214 g/mol. The van der Waals surface area contributed by atoms with Gasteiger partial charge in [0, 0.05) is 0 Å². The molecule has 0 bridgehead atoms. The highest BCUT2D eigenvalue weighted by Gasteiger charge is 2.14. The molecule has 94 valence electrons. The first-order chi connectivity index (χ1) is 8.24. The highest BCUT2D eigenvalue weighted by molar-refractivity contribution is 5.75. The maximum Gasteiger partial charge on any atom is 0.322 e. The molecule has 0 saturated heterocycles. The zero-order chi connectivity index (χ0) is 12.5. The molecule has 0 fully saturated rings. The van der Waals surface area contributed by atoms with Crippen molar-refractivity contribution in [1.82, 2.24) is 0 Å². The molecule has 1 aromatic rings. The minimum Gasteiger partial charge on any atom is -0.465 e. The van der Waals surface area contributed by atoms with Gasteiger partial charge in [0.25, 0.3) is 0 Å². The Morgan fingerprint density at radius 3 is 2.71 bits per heavy atom. The van der Waals surface area contributed by atoms with Crippen LogP contribution >= 0.6 is 0 Å². The summed E-state index contributed by atoms with van der Waals surface area (Å²) in [5.41, 5.74) is 6.97. The molecule has 0 spiro atoms.